The van der Waals surface area contributed by atoms with E-state index < -0.39 is 0 Å². The first-order valence-corrected chi connectivity index (χ1v) is 5.30. The lowest BCUT2D eigenvalue weighted by Crippen LogP contribution is -2.51. The summed E-state index contributed by atoms with van der Waals surface area (Å²) >= 11 is 0. The van der Waals surface area contributed by atoms with E-state index in [1.54, 1.807) is 0 Å². The predicted octanol–water partition coefficient (Wildman–Crippen LogP) is 0.620. The summed E-state index contributed by atoms with van der Waals surface area (Å²) in [6.07, 6.45) is 3.22. The summed E-state index contributed by atoms with van der Waals surface area (Å²) < 4.78 is 5.38. The van der Waals surface area contributed by atoms with Crippen molar-refractivity contribution in [2.24, 2.45) is 0 Å². The fourth-order valence-electron chi connectivity index (χ4n) is 2.54. The van der Waals surface area contributed by atoms with Gasteiger partial charge in [-0.3, -0.25) is 4.90 Å². The highest BCUT2D eigenvalue weighted by atomic mass is 16.5. The Labute approximate surface area is 79.7 Å². The molecule has 1 saturated carbocycles. The Bertz CT molecular complexity index is 174. The molecule has 1 aliphatic heterocycles. The molecule has 13 heavy (non-hydrogen) atoms. The molecule has 0 bridgehead atoms. The molecule has 3 nitrogen and oxygen atoms in total. The van der Waals surface area contributed by atoms with Gasteiger partial charge in [-0.15, -0.1) is 0 Å². The first-order valence-electron chi connectivity index (χ1n) is 5.30. The Morgan fingerprint density at radius 1 is 1.38 bits per heavy atom. The molecule has 1 N–H and O–H groups in total. The van der Waals surface area contributed by atoms with Gasteiger partial charge in [-0.1, -0.05) is 0 Å². The lowest BCUT2D eigenvalue weighted by molar-refractivity contribution is -0.0448. The number of hydrogen-bond donors (Lipinski definition) is 1. The number of aliphatic hydroxyl groups excluding tert-OH is 1. The van der Waals surface area contributed by atoms with Crippen molar-refractivity contribution in [2.75, 3.05) is 19.8 Å². The molecule has 1 heterocycles. The van der Waals surface area contributed by atoms with E-state index >= 15 is 0 Å². The van der Waals surface area contributed by atoms with Gasteiger partial charge >= 0.3 is 0 Å². The van der Waals surface area contributed by atoms with Crippen LogP contribution >= 0.6 is 0 Å². The van der Waals surface area contributed by atoms with E-state index in [9.17, 15) is 5.11 Å². The Morgan fingerprint density at radius 2 is 2.23 bits per heavy atom. The molecular formula is C10H19NO2. The van der Waals surface area contributed by atoms with Gasteiger partial charge in [0.25, 0.3) is 0 Å². The van der Waals surface area contributed by atoms with Crippen molar-refractivity contribution < 1.29 is 9.84 Å². The van der Waals surface area contributed by atoms with Gasteiger partial charge in [-0.2, -0.15) is 0 Å². The molecule has 0 aromatic carbocycles. The van der Waals surface area contributed by atoms with Crippen LogP contribution in [0.15, 0.2) is 0 Å². The zero-order chi connectivity index (χ0) is 9.26. The summed E-state index contributed by atoms with van der Waals surface area (Å²) in [5.41, 5.74) is 0. The monoisotopic (exact) mass is 185 g/mol. The van der Waals surface area contributed by atoms with Gasteiger partial charge in [0.2, 0.25) is 0 Å². The van der Waals surface area contributed by atoms with Crippen molar-refractivity contribution in [3.63, 3.8) is 0 Å². The van der Waals surface area contributed by atoms with Crippen LogP contribution in [-0.2, 0) is 4.74 Å². The highest BCUT2D eigenvalue weighted by molar-refractivity contribution is 4.88. The van der Waals surface area contributed by atoms with Gasteiger partial charge in [-0.05, 0) is 26.2 Å². The van der Waals surface area contributed by atoms with E-state index in [0.717, 1.165) is 32.6 Å². The summed E-state index contributed by atoms with van der Waals surface area (Å²) in [6, 6.07) is 0.880. The van der Waals surface area contributed by atoms with Crippen molar-refractivity contribution in [3.8, 4) is 0 Å². The average Bonchev–Trinajstić information content (AvgIpc) is 2.52. The first kappa shape index (κ1) is 9.44. The zero-order valence-corrected chi connectivity index (χ0v) is 8.28. The van der Waals surface area contributed by atoms with E-state index in [0.29, 0.717) is 12.1 Å². The van der Waals surface area contributed by atoms with E-state index in [1.165, 1.54) is 6.42 Å². The highest BCUT2D eigenvalue weighted by Crippen LogP contribution is 2.26. The van der Waals surface area contributed by atoms with Gasteiger partial charge < -0.3 is 9.84 Å². The maximum absolute atomic E-state index is 9.78. The minimum atomic E-state index is -0.0967. The quantitative estimate of drug-likeness (QED) is 0.650. The third kappa shape index (κ3) is 1.87. The van der Waals surface area contributed by atoms with Crippen LogP contribution in [0, 0.1) is 0 Å². The number of hydrogen-bond acceptors (Lipinski definition) is 3. The number of ether oxygens (including phenoxy) is 1. The van der Waals surface area contributed by atoms with Gasteiger partial charge in [0.1, 0.15) is 0 Å². The minimum Gasteiger partial charge on any atom is -0.391 e. The Hall–Kier alpha value is -0.120. The summed E-state index contributed by atoms with van der Waals surface area (Å²) in [5, 5.41) is 9.78. The summed E-state index contributed by atoms with van der Waals surface area (Å²) in [6.45, 7) is 4.82. The molecular weight excluding hydrogens is 166 g/mol. The highest BCUT2D eigenvalue weighted by Gasteiger charge is 2.34. The average molecular weight is 185 g/mol. The molecule has 1 saturated heterocycles. The fourth-order valence-corrected chi connectivity index (χ4v) is 2.54. The molecule has 2 aliphatic rings. The van der Waals surface area contributed by atoms with Crippen LogP contribution in [0.2, 0.25) is 0 Å². The lowest BCUT2D eigenvalue weighted by Gasteiger charge is -2.39. The number of nitrogens with zero attached hydrogens (tertiary/aromatic N) is 1. The van der Waals surface area contributed by atoms with Crippen LogP contribution in [0.25, 0.3) is 0 Å². The number of aliphatic hydroxyl groups is 1. The van der Waals surface area contributed by atoms with Crippen molar-refractivity contribution in [2.45, 2.75) is 44.4 Å². The van der Waals surface area contributed by atoms with Crippen molar-refractivity contribution in [1.82, 2.24) is 4.90 Å². The summed E-state index contributed by atoms with van der Waals surface area (Å²) in [7, 11) is 0. The molecule has 76 valence electrons. The Balaban J connectivity index is 1.97. The second-order valence-electron chi connectivity index (χ2n) is 4.23. The van der Waals surface area contributed by atoms with E-state index in [1.807, 2.05) is 0 Å². The van der Waals surface area contributed by atoms with Crippen LogP contribution in [0.3, 0.4) is 0 Å². The van der Waals surface area contributed by atoms with Crippen LogP contribution < -0.4 is 0 Å². The first-order chi connectivity index (χ1) is 6.29. The molecule has 0 aromatic rings. The molecule has 2 fully saturated rings. The molecule has 0 aromatic heterocycles. The Morgan fingerprint density at radius 3 is 2.85 bits per heavy atom. The van der Waals surface area contributed by atoms with Crippen molar-refractivity contribution >= 4 is 0 Å². The fraction of sp³-hybridized carbons (Fsp3) is 1.00. The van der Waals surface area contributed by atoms with E-state index in [-0.39, 0.29) is 6.10 Å². The topological polar surface area (TPSA) is 32.7 Å². The van der Waals surface area contributed by atoms with Gasteiger partial charge in [0.15, 0.2) is 0 Å². The maximum atomic E-state index is 9.78. The van der Waals surface area contributed by atoms with E-state index in [2.05, 4.69) is 11.8 Å². The molecule has 2 rings (SSSR count). The normalized spacial score (nSPS) is 42.5. The lowest BCUT2D eigenvalue weighted by atomic mass is 10.1. The number of morpholine rings is 1. The molecule has 3 heteroatoms. The Kier molecular flexibility index (Phi) is 2.86. The van der Waals surface area contributed by atoms with Gasteiger partial charge in [-0.25, -0.2) is 0 Å². The summed E-state index contributed by atoms with van der Waals surface area (Å²) in [5.74, 6) is 0. The molecule has 1 aliphatic carbocycles. The second-order valence-corrected chi connectivity index (χ2v) is 4.23. The van der Waals surface area contributed by atoms with Crippen LogP contribution in [-0.4, -0.2) is 48.0 Å². The molecule has 0 spiro atoms. The molecule has 3 unspecified atom stereocenters. The van der Waals surface area contributed by atoms with Gasteiger partial charge in [0.05, 0.1) is 19.3 Å². The smallest absolute Gasteiger partial charge is 0.0695 e. The van der Waals surface area contributed by atoms with Gasteiger partial charge in [0, 0.05) is 18.6 Å². The largest absolute Gasteiger partial charge is 0.391 e. The summed E-state index contributed by atoms with van der Waals surface area (Å²) in [4.78, 5) is 2.42. The van der Waals surface area contributed by atoms with Crippen LogP contribution in [0.1, 0.15) is 26.2 Å². The second kappa shape index (κ2) is 3.95. The maximum Gasteiger partial charge on any atom is 0.0695 e. The van der Waals surface area contributed by atoms with Crippen LogP contribution in [0.5, 0.6) is 0 Å². The minimum absolute atomic E-state index is 0.0967. The van der Waals surface area contributed by atoms with E-state index in [4.69, 9.17) is 4.74 Å². The molecule has 0 amide bonds. The third-order valence-electron chi connectivity index (χ3n) is 3.29. The molecule has 0 radical (unpaired) electrons. The zero-order valence-electron chi connectivity index (χ0n) is 8.28. The van der Waals surface area contributed by atoms with Crippen molar-refractivity contribution in [1.29, 1.82) is 0 Å². The number of rotatable bonds is 1. The standard InChI is InChI=1S/C10H19NO2/c1-8-7-13-6-5-11(8)9-3-2-4-10(9)12/h8-10,12H,2-7H2,1H3. The van der Waals surface area contributed by atoms with Crippen molar-refractivity contribution in [3.05, 3.63) is 0 Å². The molecule has 3 atom stereocenters. The predicted molar refractivity (Wildman–Crippen MR) is 50.6 cm³/mol. The SMILES string of the molecule is CC1COCCN1C1CCCC1O. The van der Waals surface area contributed by atoms with Crippen LogP contribution in [0.4, 0.5) is 0 Å². The third-order valence-corrected chi connectivity index (χ3v) is 3.29.